The number of amides is 2. The second-order valence-corrected chi connectivity index (χ2v) is 6.84. The Labute approximate surface area is 152 Å². The molecular formula is C20H23N3O3. The van der Waals surface area contributed by atoms with Gasteiger partial charge >= 0.3 is 0 Å². The first kappa shape index (κ1) is 16.7. The lowest BCUT2D eigenvalue weighted by Gasteiger charge is -2.22. The number of carbonyl (C=O) groups is 2. The number of nitrogens with one attached hydrogen (secondary N) is 1. The van der Waals surface area contributed by atoms with E-state index in [1.165, 1.54) is 5.56 Å². The van der Waals surface area contributed by atoms with E-state index in [0.29, 0.717) is 38.2 Å². The van der Waals surface area contributed by atoms with Crippen molar-refractivity contribution < 1.29 is 14.3 Å². The van der Waals surface area contributed by atoms with Crippen LogP contribution in [0.5, 0.6) is 5.75 Å². The van der Waals surface area contributed by atoms with Crippen LogP contribution in [0.4, 0.5) is 0 Å². The van der Waals surface area contributed by atoms with E-state index >= 15 is 0 Å². The van der Waals surface area contributed by atoms with Crippen LogP contribution < -0.4 is 4.74 Å². The van der Waals surface area contributed by atoms with E-state index in [-0.39, 0.29) is 11.8 Å². The van der Waals surface area contributed by atoms with Crippen LogP contribution in [0.25, 0.3) is 0 Å². The van der Waals surface area contributed by atoms with Crippen molar-refractivity contribution in [2.75, 3.05) is 32.8 Å². The number of nitrogens with zero attached hydrogens (tertiary/aromatic N) is 2. The van der Waals surface area contributed by atoms with Crippen molar-refractivity contribution in [1.29, 1.82) is 0 Å². The topological polar surface area (TPSA) is 65.6 Å². The van der Waals surface area contributed by atoms with E-state index in [4.69, 9.17) is 4.74 Å². The van der Waals surface area contributed by atoms with Gasteiger partial charge in [-0.3, -0.25) is 9.59 Å². The largest absolute Gasteiger partial charge is 0.493 e. The first-order chi connectivity index (χ1) is 12.7. The Morgan fingerprint density at radius 1 is 1.08 bits per heavy atom. The van der Waals surface area contributed by atoms with Gasteiger partial charge in [0, 0.05) is 45.0 Å². The lowest BCUT2D eigenvalue weighted by molar-refractivity contribution is -0.130. The number of hydrogen-bond donors (Lipinski definition) is 1. The highest BCUT2D eigenvalue weighted by Gasteiger charge is 2.23. The number of H-pyrrole nitrogens is 1. The number of carbonyl (C=O) groups excluding carboxylic acids is 2. The van der Waals surface area contributed by atoms with Crippen molar-refractivity contribution in [3.8, 4) is 5.75 Å². The standard InChI is InChI=1S/C20H23N3O3/c24-19(13-15-2-3-18-16(12-15)5-11-26-18)22-7-1-8-23(10-9-22)20(25)17-4-6-21-14-17/h2-4,6,12,14,21H,1,5,7-11,13H2. The second kappa shape index (κ2) is 7.23. The molecule has 0 unspecified atom stereocenters. The van der Waals surface area contributed by atoms with E-state index in [1.807, 2.05) is 21.9 Å². The van der Waals surface area contributed by atoms with E-state index in [0.717, 1.165) is 30.8 Å². The molecule has 0 saturated carbocycles. The van der Waals surface area contributed by atoms with Gasteiger partial charge in [0.05, 0.1) is 18.6 Å². The van der Waals surface area contributed by atoms with Crippen molar-refractivity contribution in [2.45, 2.75) is 19.3 Å². The maximum atomic E-state index is 12.7. The predicted octanol–water partition coefficient (Wildman–Crippen LogP) is 1.87. The number of hydrogen-bond acceptors (Lipinski definition) is 3. The molecule has 0 atom stereocenters. The van der Waals surface area contributed by atoms with E-state index < -0.39 is 0 Å². The average molecular weight is 353 g/mol. The molecule has 136 valence electrons. The molecule has 1 N–H and O–H groups in total. The molecular weight excluding hydrogens is 330 g/mol. The van der Waals surface area contributed by atoms with Crippen LogP contribution in [0.15, 0.2) is 36.7 Å². The van der Waals surface area contributed by atoms with Crippen molar-refractivity contribution in [3.05, 3.63) is 53.3 Å². The monoisotopic (exact) mass is 353 g/mol. The molecule has 3 heterocycles. The summed E-state index contributed by atoms with van der Waals surface area (Å²) in [5.74, 6) is 1.09. The predicted molar refractivity (Wildman–Crippen MR) is 97.2 cm³/mol. The first-order valence-electron chi connectivity index (χ1n) is 9.15. The molecule has 1 saturated heterocycles. The Balaban J connectivity index is 1.36. The fourth-order valence-electron chi connectivity index (χ4n) is 3.65. The molecule has 4 rings (SSSR count). The second-order valence-electron chi connectivity index (χ2n) is 6.84. The van der Waals surface area contributed by atoms with E-state index in [9.17, 15) is 9.59 Å². The zero-order valence-corrected chi connectivity index (χ0v) is 14.7. The fourth-order valence-corrected chi connectivity index (χ4v) is 3.65. The van der Waals surface area contributed by atoms with Crippen LogP contribution >= 0.6 is 0 Å². The van der Waals surface area contributed by atoms with Gasteiger partial charge in [-0.05, 0) is 29.7 Å². The van der Waals surface area contributed by atoms with Crippen molar-refractivity contribution >= 4 is 11.8 Å². The molecule has 0 aliphatic carbocycles. The molecule has 2 aliphatic heterocycles. The van der Waals surface area contributed by atoms with Crippen LogP contribution in [0.2, 0.25) is 0 Å². The number of rotatable bonds is 3. The smallest absolute Gasteiger partial charge is 0.255 e. The minimum atomic E-state index is 0.0270. The van der Waals surface area contributed by atoms with E-state index in [2.05, 4.69) is 11.1 Å². The van der Waals surface area contributed by atoms with Gasteiger partial charge in [0.25, 0.3) is 5.91 Å². The first-order valence-corrected chi connectivity index (χ1v) is 9.15. The van der Waals surface area contributed by atoms with Gasteiger partial charge in [-0.1, -0.05) is 12.1 Å². The normalized spacial score (nSPS) is 16.8. The van der Waals surface area contributed by atoms with Gasteiger partial charge in [0.1, 0.15) is 5.75 Å². The van der Waals surface area contributed by atoms with Gasteiger partial charge in [0.2, 0.25) is 5.91 Å². The van der Waals surface area contributed by atoms with Gasteiger partial charge in [0.15, 0.2) is 0 Å². The Morgan fingerprint density at radius 2 is 1.92 bits per heavy atom. The zero-order valence-electron chi connectivity index (χ0n) is 14.7. The highest BCUT2D eigenvalue weighted by atomic mass is 16.5. The SMILES string of the molecule is O=C(Cc1ccc2c(c1)CCO2)N1CCCN(C(=O)c2cc[nH]c2)CC1. The third-order valence-electron chi connectivity index (χ3n) is 5.09. The summed E-state index contributed by atoms with van der Waals surface area (Å²) in [5.41, 5.74) is 2.89. The highest BCUT2D eigenvalue weighted by molar-refractivity contribution is 5.94. The van der Waals surface area contributed by atoms with Crippen LogP contribution in [0.3, 0.4) is 0 Å². The quantitative estimate of drug-likeness (QED) is 0.916. The van der Waals surface area contributed by atoms with Crippen molar-refractivity contribution in [1.82, 2.24) is 14.8 Å². The zero-order chi connectivity index (χ0) is 17.9. The number of fused-ring (bicyclic) bond motifs is 1. The van der Waals surface area contributed by atoms with Gasteiger partial charge in [-0.25, -0.2) is 0 Å². The molecule has 1 aromatic carbocycles. The molecule has 0 radical (unpaired) electrons. The maximum absolute atomic E-state index is 12.7. The Kier molecular flexibility index (Phi) is 4.65. The van der Waals surface area contributed by atoms with E-state index in [1.54, 1.807) is 18.5 Å². The number of ether oxygens (including phenoxy) is 1. The fraction of sp³-hybridized carbons (Fsp3) is 0.400. The van der Waals surface area contributed by atoms with Crippen molar-refractivity contribution in [3.63, 3.8) is 0 Å². The maximum Gasteiger partial charge on any atom is 0.255 e. The summed E-state index contributed by atoms with van der Waals surface area (Å²) in [6.45, 7) is 3.27. The number of benzene rings is 1. The summed E-state index contributed by atoms with van der Waals surface area (Å²) in [7, 11) is 0. The Bertz CT molecular complexity index is 801. The third kappa shape index (κ3) is 3.45. The molecule has 6 nitrogen and oxygen atoms in total. The summed E-state index contributed by atoms with van der Waals surface area (Å²) in [5, 5.41) is 0. The van der Waals surface area contributed by atoms with Gasteiger partial charge in [-0.15, -0.1) is 0 Å². The summed E-state index contributed by atoms with van der Waals surface area (Å²) in [4.78, 5) is 31.8. The van der Waals surface area contributed by atoms with Crippen LogP contribution in [0, 0.1) is 0 Å². The molecule has 1 fully saturated rings. The Hall–Kier alpha value is -2.76. The third-order valence-corrected chi connectivity index (χ3v) is 5.09. The molecule has 2 aliphatic rings. The summed E-state index contributed by atoms with van der Waals surface area (Å²) in [6.07, 6.45) is 5.59. The van der Waals surface area contributed by atoms with Crippen LogP contribution in [0.1, 0.15) is 27.9 Å². The lowest BCUT2D eigenvalue weighted by Crippen LogP contribution is -2.37. The lowest BCUT2D eigenvalue weighted by atomic mass is 10.1. The highest BCUT2D eigenvalue weighted by Crippen LogP contribution is 2.26. The molecule has 0 spiro atoms. The number of aromatic amines is 1. The molecule has 1 aromatic heterocycles. The molecule has 2 aromatic rings. The molecule has 0 bridgehead atoms. The summed E-state index contributed by atoms with van der Waals surface area (Å²) in [6, 6.07) is 7.81. The van der Waals surface area contributed by atoms with Crippen molar-refractivity contribution in [2.24, 2.45) is 0 Å². The Morgan fingerprint density at radius 3 is 2.77 bits per heavy atom. The molecule has 6 heteroatoms. The number of aromatic nitrogens is 1. The van der Waals surface area contributed by atoms with Gasteiger partial charge < -0.3 is 19.5 Å². The summed E-state index contributed by atoms with van der Waals surface area (Å²) < 4.78 is 5.52. The summed E-state index contributed by atoms with van der Waals surface area (Å²) >= 11 is 0. The minimum absolute atomic E-state index is 0.0270. The minimum Gasteiger partial charge on any atom is -0.493 e. The van der Waals surface area contributed by atoms with Crippen LogP contribution in [-0.2, 0) is 17.6 Å². The molecule has 2 amide bonds. The molecule has 26 heavy (non-hydrogen) atoms. The van der Waals surface area contributed by atoms with Gasteiger partial charge in [-0.2, -0.15) is 0 Å². The average Bonchev–Trinajstić information content (AvgIpc) is 3.28. The van der Waals surface area contributed by atoms with Crippen LogP contribution in [-0.4, -0.2) is 59.4 Å².